The van der Waals surface area contributed by atoms with E-state index in [1.807, 2.05) is 6.07 Å². The summed E-state index contributed by atoms with van der Waals surface area (Å²) < 4.78 is 69.7. The molecule has 0 fully saturated rings. The molecule has 14 heteroatoms. The number of nitriles is 1. The monoisotopic (exact) mass is 608 g/mol. The molecule has 0 radical (unpaired) electrons. The van der Waals surface area contributed by atoms with Crippen LogP contribution in [-0.4, -0.2) is 26.4 Å². The third-order valence-electron chi connectivity index (χ3n) is 6.85. The fraction of sp³-hybridized carbons (Fsp3) is 0.0690. The first-order valence-electron chi connectivity index (χ1n) is 12.3. The SMILES string of the molecule is N#Cc1c(-c2cc(NC(=O)c3cc(F)cc(C(F)(F)F)c3)c3c(c2)C(=O)N[C@@H]3c2cc(F)ccc2Cl)ccc2ncnn12. The molecule has 0 saturated carbocycles. The van der Waals surface area contributed by atoms with E-state index in [0.717, 1.165) is 12.1 Å². The van der Waals surface area contributed by atoms with Crippen molar-refractivity contribution in [2.75, 3.05) is 5.32 Å². The molecule has 0 spiro atoms. The van der Waals surface area contributed by atoms with Gasteiger partial charge in [-0.25, -0.2) is 18.3 Å². The predicted octanol–water partition coefficient (Wildman–Crippen LogP) is 6.30. The summed E-state index contributed by atoms with van der Waals surface area (Å²) in [6.45, 7) is 0. The summed E-state index contributed by atoms with van der Waals surface area (Å²) in [5.41, 5.74) is -0.897. The largest absolute Gasteiger partial charge is 0.416 e. The summed E-state index contributed by atoms with van der Waals surface area (Å²) in [4.78, 5) is 30.6. The lowest BCUT2D eigenvalue weighted by Gasteiger charge is -2.19. The van der Waals surface area contributed by atoms with Crippen LogP contribution in [0.2, 0.25) is 5.02 Å². The molecule has 3 heterocycles. The van der Waals surface area contributed by atoms with Crippen LogP contribution < -0.4 is 10.6 Å². The highest BCUT2D eigenvalue weighted by Gasteiger charge is 2.36. The molecule has 5 aromatic rings. The number of alkyl halides is 3. The van der Waals surface area contributed by atoms with Crippen molar-refractivity contribution in [1.29, 1.82) is 5.26 Å². The van der Waals surface area contributed by atoms with Gasteiger partial charge in [0, 0.05) is 38.5 Å². The van der Waals surface area contributed by atoms with Gasteiger partial charge in [-0.15, -0.1) is 0 Å². The second-order valence-electron chi connectivity index (χ2n) is 9.48. The number of hydrogen-bond acceptors (Lipinski definition) is 5. The Morgan fingerprint density at radius 3 is 2.56 bits per heavy atom. The van der Waals surface area contributed by atoms with Crippen LogP contribution in [0.5, 0.6) is 0 Å². The van der Waals surface area contributed by atoms with Gasteiger partial charge in [0.1, 0.15) is 24.0 Å². The fourth-order valence-electron chi connectivity index (χ4n) is 4.97. The minimum Gasteiger partial charge on any atom is -0.341 e. The fourth-order valence-corrected chi connectivity index (χ4v) is 5.19. The molecule has 1 aliphatic rings. The number of anilines is 1. The van der Waals surface area contributed by atoms with Crippen molar-refractivity contribution in [3.8, 4) is 17.2 Å². The lowest BCUT2D eigenvalue weighted by molar-refractivity contribution is -0.137. The highest BCUT2D eigenvalue weighted by Crippen LogP contribution is 2.42. The lowest BCUT2D eigenvalue weighted by Crippen LogP contribution is -2.21. The van der Waals surface area contributed by atoms with Gasteiger partial charge in [0.15, 0.2) is 11.3 Å². The molecule has 1 atom stereocenters. The summed E-state index contributed by atoms with van der Waals surface area (Å²) in [5.74, 6) is -3.72. The molecular weight excluding hydrogens is 595 g/mol. The average Bonchev–Trinajstić information content (AvgIpc) is 3.57. The van der Waals surface area contributed by atoms with Gasteiger partial charge in [-0.2, -0.15) is 23.5 Å². The second kappa shape index (κ2) is 10.2. The van der Waals surface area contributed by atoms with E-state index in [1.165, 1.54) is 29.0 Å². The van der Waals surface area contributed by atoms with Gasteiger partial charge in [-0.1, -0.05) is 11.6 Å². The van der Waals surface area contributed by atoms with Crippen LogP contribution >= 0.6 is 11.6 Å². The summed E-state index contributed by atoms with van der Waals surface area (Å²) in [5, 5.41) is 19.2. The first-order chi connectivity index (χ1) is 20.4. The third-order valence-corrected chi connectivity index (χ3v) is 7.19. The molecule has 0 aliphatic carbocycles. The van der Waals surface area contributed by atoms with Crippen molar-refractivity contribution in [2.45, 2.75) is 12.2 Å². The van der Waals surface area contributed by atoms with Gasteiger partial charge in [0.05, 0.1) is 11.6 Å². The normalized spacial score (nSPS) is 14.3. The smallest absolute Gasteiger partial charge is 0.341 e. The number of amides is 2. The van der Waals surface area contributed by atoms with E-state index in [2.05, 4.69) is 20.7 Å². The number of fused-ring (bicyclic) bond motifs is 2. The Morgan fingerprint density at radius 1 is 1.02 bits per heavy atom. The second-order valence-corrected chi connectivity index (χ2v) is 9.88. The van der Waals surface area contributed by atoms with Crippen LogP contribution in [0.15, 0.2) is 67.0 Å². The van der Waals surface area contributed by atoms with Gasteiger partial charge in [-0.05, 0) is 66.2 Å². The zero-order valence-corrected chi connectivity index (χ0v) is 22.1. The molecule has 2 aromatic heterocycles. The van der Waals surface area contributed by atoms with E-state index in [9.17, 15) is 36.8 Å². The Morgan fingerprint density at radius 2 is 1.81 bits per heavy atom. The van der Waals surface area contributed by atoms with E-state index < -0.39 is 46.8 Å². The summed E-state index contributed by atoms with van der Waals surface area (Å²) in [6, 6.07) is 11.7. The lowest BCUT2D eigenvalue weighted by atomic mass is 9.92. The van der Waals surface area contributed by atoms with Gasteiger partial charge in [0.25, 0.3) is 11.8 Å². The Hall–Kier alpha value is -5.35. The van der Waals surface area contributed by atoms with Gasteiger partial charge in [-0.3, -0.25) is 9.59 Å². The van der Waals surface area contributed by atoms with E-state index in [-0.39, 0.29) is 50.3 Å². The molecule has 2 N–H and O–H groups in total. The molecule has 2 amide bonds. The number of aromatic nitrogens is 3. The number of carbonyl (C=O) groups excluding carboxylic acids is 2. The standard InChI is InChI=1S/C29H14ClF5N6O2/c30-21-3-1-16(31)10-19(21)26-25-20(28(43)40-26)7-13(18-2-4-24-37-12-38-41(24)23(18)11-36)8-22(25)39-27(42)14-5-15(29(33,34)35)9-17(32)6-14/h1-10,12,26H,(H,39,42)(H,40,43)/t26-/m1/s1. The van der Waals surface area contributed by atoms with Gasteiger partial charge < -0.3 is 10.6 Å². The Labute approximate surface area is 243 Å². The number of benzene rings is 3. The maximum atomic E-state index is 14.2. The number of carbonyl (C=O) groups is 2. The zero-order chi connectivity index (χ0) is 30.6. The van der Waals surface area contributed by atoms with E-state index in [4.69, 9.17) is 11.6 Å². The van der Waals surface area contributed by atoms with E-state index in [0.29, 0.717) is 17.8 Å². The highest BCUT2D eigenvalue weighted by molar-refractivity contribution is 6.31. The number of halogens is 6. The number of rotatable bonds is 4. The van der Waals surface area contributed by atoms with Crippen molar-refractivity contribution < 1.29 is 31.5 Å². The van der Waals surface area contributed by atoms with Crippen molar-refractivity contribution in [3.05, 3.63) is 117 Å². The van der Waals surface area contributed by atoms with Crippen molar-refractivity contribution >= 4 is 34.7 Å². The molecule has 0 unspecified atom stereocenters. The van der Waals surface area contributed by atoms with Crippen molar-refractivity contribution in [1.82, 2.24) is 19.9 Å². The Bertz CT molecular complexity index is 2030. The Balaban J connectivity index is 1.55. The molecule has 0 bridgehead atoms. The molecule has 43 heavy (non-hydrogen) atoms. The highest BCUT2D eigenvalue weighted by atomic mass is 35.5. The number of pyridine rings is 1. The third kappa shape index (κ3) is 4.91. The van der Waals surface area contributed by atoms with Crippen molar-refractivity contribution in [2.24, 2.45) is 0 Å². The number of hydrogen-bond donors (Lipinski definition) is 2. The quantitative estimate of drug-likeness (QED) is 0.233. The zero-order valence-electron chi connectivity index (χ0n) is 21.3. The molecule has 1 aliphatic heterocycles. The molecule has 8 nitrogen and oxygen atoms in total. The van der Waals surface area contributed by atoms with Crippen molar-refractivity contribution in [3.63, 3.8) is 0 Å². The summed E-state index contributed by atoms with van der Waals surface area (Å²) in [7, 11) is 0. The molecule has 0 saturated heterocycles. The maximum Gasteiger partial charge on any atom is 0.416 e. The maximum absolute atomic E-state index is 14.2. The average molecular weight is 609 g/mol. The minimum atomic E-state index is -4.93. The first-order valence-corrected chi connectivity index (χ1v) is 12.7. The van der Waals surface area contributed by atoms with Gasteiger partial charge >= 0.3 is 6.18 Å². The van der Waals surface area contributed by atoms with E-state index >= 15 is 0 Å². The number of nitrogens with zero attached hydrogens (tertiary/aromatic N) is 4. The van der Waals surface area contributed by atoms with Crippen LogP contribution in [0.4, 0.5) is 27.6 Å². The van der Waals surface area contributed by atoms with Crippen LogP contribution in [0.3, 0.4) is 0 Å². The molecule has 6 rings (SSSR count). The molecule has 3 aromatic carbocycles. The van der Waals surface area contributed by atoms with Crippen LogP contribution in [0.1, 0.15) is 49.1 Å². The van der Waals surface area contributed by atoms with E-state index in [1.54, 1.807) is 12.1 Å². The molecule has 214 valence electrons. The minimum absolute atomic E-state index is 0.0101. The predicted molar refractivity (Wildman–Crippen MR) is 143 cm³/mol. The van der Waals surface area contributed by atoms with Crippen LogP contribution in [0.25, 0.3) is 16.8 Å². The Kier molecular flexibility index (Phi) is 6.58. The summed E-state index contributed by atoms with van der Waals surface area (Å²) >= 11 is 6.33. The van der Waals surface area contributed by atoms with Gasteiger partial charge in [0.2, 0.25) is 0 Å². The topological polar surface area (TPSA) is 112 Å². The first kappa shape index (κ1) is 27.8. The summed E-state index contributed by atoms with van der Waals surface area (Å²) in [6.07, 6.45) is -3.69. The van der Waals surface area contributed by atoms with Crippen LogP contribution in [-0.2, 0) is 6.18 Å². The van der Waals surface area contributed by atoms with Crippen LogP contribution in [0, 0.1) is 23.0 Å². The number of nitrogens with one attached hydrogen (secondary N) is 2. The molecular formula is C29H14ClF5N6O2.